The van der Waals surface area contributed by atoms with E-state index in [-0.39, 0.29) is 18.3 Å². The van der Waals surface area contributed by atoms with Crippen LogP contribution in [0.15, 0.2) is 36.4 Å². The normalized spacial score (nSPS) is 14.8. The Bertz CT molecular complexity index is 697. The van der Waals surface area contributed by atoms with Crippen molar-refractivity contribution in [3.63, 3.8) is 0 Å². The van der Waals surface area contributed by atoms with E-state index in [9.17, 15) is 4.79 Å². The highest BCUT2D eigenvalue weighted by atomic mass is 35.5. The van der Waals surface area contributed by atoms with Gasteiger partial charge in [0.05, 0.1) is 7.11 Å². The van der Waals surface area contributed by atoms with Gasteiger partial charge in [-0.15, -0.1) is 23.7 Å². The molecule has 0 radical (unpaired) electrons. The van der Waals surface area contributed by atoms with E-state index < -0.39 is 0 Å². The fourth-order valence-electron chi connectivity index (χ4n) is 3.34. The fraction of sp³-hybridized carbons (Fsp3) is 0.450. The number of methoxy groups -OCH3 is 1. The van der Waals surface area contributed by atoms with Crippen LogP contribution in [0.4, 0.5) is 0 Å². The summed E-state index contributed by atoms with van der Waals surface area (Å²) in [6, 6.07) is 12.1. The zero-order chi connectivity index (χ0) is 17.6. The maximum atomic E-state index is 13.0. The summed E-state index contributed by atoms with van der Waals surface area (Å²) in [4.78, 5) is 16.8. The molecule has 0 spiro atoms. The van der Waals surface area contributed by atoms with E-state index in [0.717, 1.165) is 53.7 Å². The number of hydrogen-bond acceptors (Lipinski definition) is 4. The molecular formula is C20H27ClN2O2S. The van der Waals surface area contributed by atoms with Gasteiger partial charge in [0.2, 0.25) is 0 Å². The number of nitrogens with zero attached hydrogens (tertiary/aromatic N) is 1. The molecular weight excluding hydrogens is 368 g/mol. The number of amides is 1. The van der Waals surface area contributed by atoms with Crippen molar-refractivity contribution in [3.05, 3.63) is 41.3 Å². The molecule has 3 rings (SSSR count). The number of nitrogens with one attached hydrogen (secondary N) is 1. The van der Waals surface area contributed by atoms with E-state index in [1.807, 2.05) is 36.2 Å². The summed E-state index contributed by atoms with van der Waals surface area (Å²) in [5, 5.41) is 3.21. The van der Waals surface area contributed by atoms with E-state index in [0.29, 0.717) is 5.75 Å². The van der Waals surface area contributed by atoms with Gasteiger partial charge in [-0.2, -0.15) is 0 Å². The lowest BCUT2D eigenvalue weighted by Crippen LogP contribution is -2.38. The van der Waals surface area contributed by atoms with E-state index >= 15 is 0 Å². The van der Waals surface area contributed by atoms with E-state index in [2.05, 4.69) is 17.4 Å². The van der Waals surface area contributed by atoms with Crippen molar-refractivity contribution in [1.82, 2.24) is 10.2 Å². The van der Waals surface area contributed by atoms with Crippen LogP contribution in [0.1, 0.15) is 28.9 Å². The number of halogens is 1. The third-order valence-electron chi connectivity index (χ3n) is 4.87. The lowest BCUT2D eigenvalue weighted by molar-refractivity contribution is 0.0689. The van der Waals surface area contributed by atoms with Gasteiger partial charge in [0, 0.05) is 18.0 Å². The topological polar surface area (TPSA) is 41.6 Å². The fourth-order valence-corrected chi connectivity index (χ4v) is 4.44. The molecule has 0 atom stereocenters. The molecule has 1 N–H and O–H groups in total. The zero-order valence-electron chi connectivity index (χ0n) is 15.4. The molecule has 1 aliphatic heterocycles. The summed E-state index contributed by atoms with van der Waals surface area (Å²) in [6.07, 6.45) is 3.37. The lowest BCUT2D eigenvalue weighted by atomic mass is 9.93. The highest BCUT2D eigenvalue weighted by molar-refractivity contribution is 7.17. The van der Waals surface area contributed by atoms with Crippen molar-refractivity contribution >= 4 is 29.7 Å². The number of carbonyl (C=O) groups is 1. The first-order valence-corrected chi connectivity index (χ1v) is 9.71. The Morgan fingerprint density at radius 1 is 1.27 bits per heavy atom. The molecule has 0 aliphatic carbocycles. The smallest absolute Gasteiger partial charge is 0.267 e. The summed E-state index contributed by atoms with van der Waals surface area (Å²) in [5.41, 5.74) is 1.12. The van der Waals surface area contributed by atoms with Crippen molar-refractivity contribution in [2.45, 2.75) is 19.3 Å². The molecule has 0 bridgehead atoms. The van der Waals surface area contributed by atoms with Gasteiger partial charge in [0.25, 0.3) is 5.91 Å². The molecule has 2 heterocycles. The average molecular weight is 395 g/mol. The van der Waals surface area contributed by atoms with Crippen LogP contribution in [0.5, 0.6) is 5.75 Å². The molecule has 1 aromatic heterocycles. The number of thiophene rings is 1. The van der Waals surface area contributed by atoms with Gasteiger partial charge >= 0.3 is 0 Å². The van der Waals surface area contributed by atoms with Crippen LogP contribution in [0.2, 0.25) is 0 Å². The van der Waals surface area contributed by atoms with E-state index in [1.165, 1.54) is 17.8 Å². The first-order chi connectivity index (χ1) is 12.2. The number of likely N-dealkylation sites (tertiary alicyclic amines) is 1. The SMILES string of the molecule is CNCCC1CCN(C(=O)c2sc(-c3ccccc3)cc2OC)CC1.Cl. The van der Waals surface area contributed by atoms with Gasteiger partial charge < -0.3 is 15.0 Å². The van der Waals surface area contributed by atoms with Crippen molar-refractivity contribution in [2.24, 2.45) is 5.92 Å². The Hall–Kier alpha value is -1.56. The zero-order valence-corrected chi connectivity index (χ0v) is 17.0. The van der Waals surface area contributed by atoms with Crippen molar-refractivity contribution in [1.29, 1.82) is 0 Å². The summed E-state index contributed by atoms with van der Waals surface area (Å²) < 4.78 is 5.49. The minimum atomic E-state index is 0. The third-order valence-corrected chi connectivity index (χ3v) is 6.03. The van der Waals surface area contributed by atoms with Crippen LogP contribution in [0.25, 0.3) is 10.4 Å². The van der Waals surface area contributed by atoms with Crippen LogP contribution in [0.3, 0.4) is 0 Å². The Morgan fingerprint density at radius 3 is 2.58 bits per heavy atom. The Kier molecular flexibility index (Phi) is 7.94. The van der Waals surface area contributed by atoms with Gasteiger partial charge in [0.15, 0.2) is 0 Å². The van der Waals surface area contributed by atoms with Gasteiger partial charge in [0.1, 0.15) is 10.6 Å². The molecule has 6 heteroatoms. The molecule has 1 fully saturated rings. The maximum Gasteiger partial charge on any atom is 0.267 e. The summed E-state index contributed by atoms with van der Waals surface area (Å²) >= 11 is 1.53. The number of ether oxygens (including phenoxy) is 1. The van der Waals surface area contributed by atoms with Crippen molar-refractivity contribution < 1.29 is 9.53 Å². The molecule has 1 aromatic carbocycles. The van der Waals surface area contributed by atoms with Gasteiger partial charge in [-0.3, -0.25) is 4.79 Å². The second-order valence-corrected chi connectivity index (χ2v) is 7.55. The van der Waals surface area contributed by atoms with E-state index in [1.54, 1.807) is 7.11 Å². The van der Waals surface area contributed by atoms with Crippen molar-refractivity contribution in [2.75, 3.05) is 33.8 Å². The van der Waals surface area contributed by atoms with Crippen LogP contribution in [-0.4, -0.2) is 44.6 Å². The highest BCUT2D eigenvalue weighted by Crippen LogP contribution is 2.37. The Morgan fingerprint density at radius 2 is 1.96 bits per heavy atom. The summed E-state index contributed by atoms with van der Waals surface area (Å²) in [7, 11) is 3.63. The minimum absolute atomic E-state index is 0. The predicted molar refractivity (Wildman–Crippen MR) is 111 cm³/mol. The first-order valence-electron chi connectivity index (χ1n) is 8.90. The van der Waals surface area contributed by atoms with Gasteiger partial charge in [-0.05, 0) is 50.4 Å². The monoisotopic (exact) mass is 394 g/mol. The van der Waals surface area contributed by atoms with Crippen LogP contribution in [-0.2, 0) is 0 Å². The molecule has 0 unspecified atom stereocenters. The average Bonchev–Trinajstić information content (AvgIpc) is 3.11. The van der Waals surface area contributed by atoms with Crippen molar-refractivity contribution in [3.8, 4) is 16.2 Å². The maximum absolute atomic E-state index is 13.0. The third kappa shape index (κ3) is 4.78. The molecule has 26 heavy (non-hydrogen) atoms. The molecule has 1 saturated heterocycles. The van der Waals surface area contributed by atoms with Crippen LogP contribution in [0, 0.1) is 5.92 Å². The molecule has 2 aromatic rings. The second kappa shape index (κ2) is 9.95. The number of benzene rings is 1. The second-order valence-electron chi connectivity index (χ2n) is 6.50. The molecule has 4 nitrogen and oxygen atoms in total. The van der Waals surface area contributed by atoms with Crippen LogP contribution >= 0.6 is 23.7 Å². The number of piperidine rings is 1. The summed E-state index contributed by atoms with van der Waals surface area (Å²) in [5.74, 6) is 1.52. The lowest BCUT2D eigenvalue weighted by Gasteiger charge is -2.31. The Balaban J connectivity index is 0.00000243. The standard InChI is InChI=1S/C20H26N2O2S.ClH/c1-21-11-8-15-9-12-22(13-10-15)20(23)19-17(24-2)14-18(25-19)16-6-4-3-5-7-16;/h3-7,14-15,21H,8-13H2,1-2H3;1H. The number of hydrogen-bond donors (Lipinski definition) is 1. The quantitative estimate of drug-likeness (QED) is 0.793. The molecule has 1 amide bonds. The minimum Gasteiger partial charge on any atom is -0.495 e. The number of rotatable bonds is 6. The van der Waals surface area contributed by atoms with E-state index in [4.69, 9.17) is 4.74 Å². The molecule has 0 saturated carbocycles. The van der Waals surface area contributed by atoms with Crippen LogP contribution < -0.4 is 10.1 Å². The summed E-state index contributed by atoms with van der Waals surface area (Å²) in [6.45, 7) is 2.74. The van der Waals surface area contributed by atoms with Gasteiger partial charge in [-0.25, -0.2) is 0 Å². The Labute approximate surface area is 166 Å². The highest BCUT2D eigenvalue weighted by Gasteiger charge is 2.27. The predicted octanol–water partition coefficient (Wildman–Crippen LogP) is 4.31. The largest absolute Gasteiger partial charge is 0.495 e. The number of carbonyl (C=O) groups excluding carboxylic acids is 1. The van der Waals surface area contributed by atoms with Gasteiger partial charge in [-0.1, -0.05) is 30.3 Å². The molecule has 142 valence electrons. The molecule has 1 aliphatic rings. The first kappa shape index (κ1) is 20.7.